The Kier molecular flexibility index (Phi) is 4.75. The van der Waals surface area contributed by atoms with Gasteiger partial charge in [-0.2, -0.15) is 0 Å². The van der Waals surface area contributed by atoms with Crippen LogP contribution < -0.4 is 4.72 Å². The van der Waals surface area contributed by atoms with E-state index in [4.69, 9.17) is 0 Å². The molecule has 0 aliphatic heterocycles. The van der Waals surface area contributed by atoms with Crippen molar-refractivity contribution in [2.75, 3.05) is 0 Å². The molecule has 7 heteroatoms. The Morgan fingerprint density at radius 1 is 1.21 bits per heavy atom. The highest BCUT2D eigenvalue weighted by molar-refractivity contribution is 7.89. The van der Waals surface area contributed by atoms with E-state index in [1.54, 1.807) is 30.7 Å². The first-order valence-corrected chi connectivity index (χ1v) is 9.55. The Bertz CT molecular complexity index is 954. The number of rotatable bonds is 5. The van der Waals surface area contributed by atoms with E-state index >= 15 is 0 Å². The zero-order valence-corrected chi connectivity index (χ0v) is 14.5. The molecule has 3 aromatic rings. The first-order chi connectivity index (χ1) is 11.5. The third-order valence-corrected chi connectivity index (χ3v) is 5.97. The van der Waals surface area contributed by atoms with Crippen LogP contribution in [0.4, 0.5) is 4.39 Å². The van der Waals surface area contributed by atoms with Crippen molar-refractivity contribution in [2.24, 2.45) is 0 Å². The second kappa shape index (κ2) is 6.80. The van der Waals surface area contributed by atoms with Gasteiger partial charge in [-0.05, 0) is 53.8 Å². The summed E-state index contributed by atoms with van der Waals surface area (Å²) in [5.74, 6) is -0.459. The average molecular weight is 362 g/mol. The summed E-state index contributed by atoms with van der Waals surface area (Å²) in [6, 6.07) is 9.45. The van der Waals surface area contributed by atoms with Crippen LogP contribution in [-0.2, 0) is 16.6 Å². The summed E-state index contributed by atoms with van der Waals surface area (Å²) in [5.41, 5.74) is 2.07. The molecule has 3 rings (SSSR count). The largest absolute Gasteiger partial charge is 0.264 e. The molecule has 4 nitrogen and oxygen atoms in total. The molecule has 0 radical (unpaired) electrons. The Balaban J connectivity index is 1.79. The molecule has 24 heavy (non-hydrogen) atoms. The number of nitrogens with zero attached hydrogens (tertiary/aromatic N) is 1. The summed E-state index contributed by atoms with van der Waals surface area (Å²) in [6.07, 6.45) is 3.37. The maximum atomic E-state index is 13.1. The van der Waals surface area contributed by atoms with Crippen molar-refractivity contribution in [2.45, 2.75) is 18.4 Å². The zero-order chi connectivity index (χ0) is 17.2. The van der Waals surface area contributed by atoms with Gasteiger partial charge in [0.2, 0.25) is 10.0 Å². The molecule has 2 aromatic heterocycles. The van der Waals surface area contributed by atoms with Crippen LogP contribution in [0.15, 0.2) is 59.1 Å². The number of sulfonamides is 1. The first-order valence-electron chi connectivity index (χ1n) is 7.19. The molecule has 0 amide bonds. The number of benzene rings is 1. The van der Waals surface area contributed by atoms with Crippen molar-refractivity contribution in [1.29, 1.82) is 0 Å². The minimum atomic E-state index is -3.71. The van der Waals surface area contributed by atoms with Crippen molar-refractivity contribution in [3.8, 4) is 10.4 Å². The van der Waals surface area contributed by atoms with Crippen LogP contribution in [0.3, 0.4) is 0 Å². The van der Waals surface area contributed by atoms with E-state index in [2.05, 4.69) is 9.71 Å². The number of aryl methyl sites for hydroxylation is 1. The lowest BCUT2D eigenvalue weighted by molar-refractivity contribution is 0.579. The lowest BCUT2D eigenvalue weighted by Gasteiger charge is -2.10. The summed E-state index contributed by atoms with van der Waals surface area (Å²) in [6.45, 7) is 1.68. The number of hydrogen-bond acceptors (Lipinski definition) is 4. The van der Waals surface area contributed by atoms with Crippen LogP contribution >= 0.6 is 11.3 Å². The fourth-order valence-corrected chi connectivity index (χ4v) is 4.28. The second-order valence-corrected chi connectivity index (χ2v) is 7.98. The van der Waals surface area contributed by atoms with Crippen LogP contribution in [0, 0.1) is 12.7 Å². The Morgan fingerprint density at radius 3 is 2.75 bits per heavy atom. The molecule has 0 spiro atoms. The van der Waals surface area contributed by atoms with E-state index in [9.17, 15) is 12.8 Å². The quantitative estimate of drug-likeness (QED) is 0.752. The number of pyridine rings is 1. The van der Waals surface area contributed by atoms with Crippen molar-refractivity contribution < 1.29 is 12.8 Å². The van der Waals surface area contributed by atoms with Gasteiger partial charge in [0.25, 0.3) is 0 Å². The summed E-state index contributed by atoms with van der Waals surface area (Å²) >= 11 is 1.59. The first kappa shape index (κ1) is 16.8. The van der Waals surface area contributed by atoms with Gasteiger partial charge in [-0.25, -0.2) is 17.5 Å². The maximum absolute atomic E-state index is 13.1. The van der Waals surface area contributed by atoms with Gasteiger partial charge >= 0.3 is 0 Å². The molecule has 1 N–H and O–H groups in total. The van der Waals surface area contributed by atoms with E-state index in [0.717, 1.165) is 22.1 Å². The van der Waals surface area contributed by atoms with Crippen molar-refractivity contribution >= 4 is 21.4 Å². The highest BCUT2D eigenvalue weighted by Crippen LogP contribution is 2.24. The normalized spacial score (nSPS) is 11.6. The van der Waals surface area contributed by atoms with E-state index < -0.39 is 15.8 Å². The van der Waals surface area contributed by atoms with Gasteiger partial charge in [0.1, 0.15) is 5.82 Å². The second-order valence-electron chi connectivity index (χ2n) is 5.29. The molecule has 0 atom stereocenters. The molecule has 0 saturated carbocycles. The van der Waals surface area contributed by atoms with Crippen LogP contribution in [0.1, 0.15) is 11.1 Å². The minimum Gasteiger partial charge on any atom is -0.264 e. The Morgan fingerprint density at radius 2 is 2.04 bits per heavy atom. The van der Waals surface area contributed by atoms with Gasteiger partial charge < -0.3 is 0 Å². The molecule has 0 aliphatic rings. The molecule has 0 fully saturated rings. The molecular formula is C17H15FN2O2S2. The SMILES string of the molecule is Cc1cc(F)ccc1S(=O)(=O)NCc1cncc(-c2cccs2)c1. The molecule has 124 valence electrons. The molecule has 2 heterocycles. The molecule has 1 aromatic carbocycles. The molecule has 0 bridgehead atoms. The van der Waals surface area contributed by atoms with Gasteiger partial charge in [0.15, 0.2) is 0 Å². The van der Waals surface area contributed by atoms with Crippen LogP contribution in [0.5, 0.6) is 0 Å². The smallest absolute Gasteiger partial charge is 0.241 e. The molecule has 0 unspecified atom stereocenters. The predicted octanol–water partition coefficient (Wildman–Crippen LogP) is 3.74. The van der Waals surface area contributed by atoms with Crippen molar-refractivity contribution in [3.63, 3.8) is 0 Å². The highest BCUT2D eigenvalue weighted by Gasteiger charge is 2.17. The number of nitrogens with one attached hydrogen (secondary N) is 1. The monoisotopic (exact) mass is 362 g/mol. The fourth-order valence-electron chi connectivity index (χ4n) is 2.33. The topological polar surface area (TPSA) is 59.1 Å². The highest BCUT2D eigenvalue weighted by atomic mass is 32.2. The van der Waals surface area contributed by atoms with Crippen LogP contribution in [-0.4, -0.2) is 13.4 Å². The van der Waals surface area contributed by atoms with Crippen LogP contribution in [0.2, 0.25) is 0 Å². The Hall–Kier alpha value is -2.09. The number of thiophene rings is 1. The molecular weight excluding hydrogens is 347 g/mol. The number of halogens is 1. The molecule has 0 saturated heterocycles. The lowest BCUT2D eigenvalue weighted by Crippen LogP contribution is -2.24. The zero-order valence-electron chi connectivity index (χ0n) is 12.9. The summed E-state index contributed by atoms with van der Waals surface area (Å²) in [4.78, 5) is 5.31. The maximum Gasteiger partial charge on any atom is 0.241 e. The minimum absolute atomic E-state index is 0.0753. The van der Waals surface area contributed by atoms with Crippen LogP contribution in [0.25, 0.3) is 10.4 Å². The van der Waals surface area contributed by atoms with Gasteiger partial charge in [0.05, 0.1) is 4.90 Å². The lowest BCUT2D eigenvalue weighted by atomic mass is 10.2. The summed E-state index contributed by atoms with van der Waals surface area (Å²) in [5, 5.41) is 1.97. The standard InChI is InChI=1S/C17H15FN2O2S2/c1-12-7-15(18)4-5-17(12)24(21,22)20-10-13-8-14(11-19-9-13)16-3-2-6-23-16/h2-9,11,20H,10H2,1H3. The van der Waals surface area contributed by atoms with Gasteiger partial charge in [-0.1, -0.05) is 6.07 Å². The average Bonchev–Trinajstić information content (AvgIpc) is 3.07. The number of aromatic nitrogens is 1. The van der Waals surface area contributed by atoms with Crippen molar-refractivity contribution in [1.82, 2.24) is 9.71 Å². The van der Waals surface area contributed by atoms with Gasteiger partial charge in [-0.3, -0.25) is 4.98 Å². The third-order valence-electron chi connectivity index (χ3n) is 3.49. The predicted molar refractivity (Wildman–Crippen MR) is 92.7 cm³/mol. The van der Waals surface area contributed by atoms with Crippen molar-refractivity contribution in [3.05, 3.63) is 71.1 Å². The van der Waals surface area contributed by atoms with E-state index in [1.165, 1.54) is 12.1 Å². The summed E-state index contributed by atoms with van der Waals surface area (Å²) in [7, 11) is -3.71. The van der Waals surface area contributed by atoms with E-state index in [-0.39, 0.29) is 11.4 Å². The summed E-state index contributed by atoms with van der Waals surface area (Å²) < 4.78 is 40.5. The number of hydrogen-bond donors (Lipinski definition) is 1. The van der Waals surface area contributed by atoms with E-state index in [1.807, 2.05) is 23.6 Å². The molecule has 0 aliphatic carbocycles. The van der Waals surface area contributed by atoms with E-state index in [0.29, 0.717) is 5.56 Å². The fraction of sp³-hybridized carbons (Fsp3) is 0.118. The van der Waals surface area contributed by atoms with Gasteiger partial charge in [0, 0.05) is 29.4 Å². The third kappa shape index (κ3) is 3.69. The Labute approximate surface area is 144 Å². The van der Waals surface area contributed by atoms with Gasteiger partial charge in [-0.15, -0.1) is 11.3 Å².